The number of halogens is 2. The van der Waals surface area contributed by atoms with Gasteiger partial charge in [0.25, 0.3) is 0 Å². The molecule has 0 saturated carbocycles. The molecule has 4 nitrogen and oxygen atoms in total. The Hall–Kier alpha value is -1.30. The number of nitrogens with one attached hydrogen (secondary N) is 1. The SMILES string of the molecule is Cn1ccc(-n2c(=S)[nH]c3cc(Cl)c(Cl)cc32)n1. The maximum Gasteiger partial charge on any atom is 0.184 e. The topological polar surface area (TPSA) is 38.5 Å². The zero-order chi connectivity index (χ0) is 12.9. The summed E-state index contributed by atoms with van der Waals surface area (Å²) in [6, 6.07) is 5.42. The van der Waals surface area contributed by atoms with Crippen LogP contribution in [-0.2, 0) is 7.05 Å². The molecule has 1 aromatic carbocycles. The first-order chi connectivity index (χ1) is 8.56. The predicted molar refractivity (Wildman–Crippen MR) is 75.2 cm³/mol. The Bertz CT molecular complexity index is 799. The van der Waals surface area contributed by atoms with Gasteiger partial charge in [0.15, 0.2) is 10.6 Å². The number of fused-ring (bicyclic) bond motifs is 1. The molecule has 7 heteroatoms. The minimum Gasteiger partial charge on any atom is -0.330 e. The summed E-state index contributed by atoms with van der Waals surface area (Å²) >= 11 is 17.3. The van der Waals surface area contributed by atoms with Gasteiger partial charge in [-0.15, -0.1) is 0 Å². The molecule has 0 spiro atoms. The molecule has 0 aliphatic heterocycles. The maximum absolute atomic E-state index is 6.04. The number of hydrogen-bond acceptors (Lipinski definition) is 2. The van der Waals surface area contributed by atoms with Gasteiger partial charge in [-0.2, -0.15) is 5.10 Å². The van der Waals surface area contributed by atoms with E-state index in [2.05, 4.69) is 10.1 Å². The summed E-state index contributed by atoms with van der Waals surface area (Å²) in [7, 11) is 1.85. The van der Waals surface area contributed by atoms with Crippen LogP contribution in [0.3, 0.4) is 0 Å². The summed E-state index contributed by atoms with van der Waals surface area (Å²) in [5, 5.41) is 5.32. The number of nitrogens with zero attached hydrogens (tertiary/aromatic N) is 3. The Labute approximate surface area is 118 Å². The van der Waals surface area contributed by atoms with E-state index >= 15 is 0 Å². The van der Waals surface area contributed by atoms with Crippen molar-refractivity contribution in [3.63, 3.8) is 0 Å². The highest BCUT2D eigenvalue weighted by atomic mass is 35.5. The van der Waals surface area contributed by atoms with Gasteiger partial charge in [0, 0.05) is 19.3 Å². The molecule has 2 aromatic heterocycles. The number of imidazole rings is 1. The van der Waals surface area contributed by atoms with Crippen molar-refractivity contribution >= 4 is 46.5 Å². The summed E-state index contributed by atoms with van der Waals surface area (Å²) in [4.78, 5) is 3.09. The average molecular weight is 299 g/mol. The van der Waals surface area contributed by atoms with Crippen LogP contribution in [0.1, 0.15) is 0 Å². The van der Waals surface area contributed by atoms with E-state index < -0.39 is 0 Å². The van der Waals surface area contributed by atoms with E-state index in [-0.39, 0.29) is 0 Å². The zero-order valence-corrected chi connectivity index (χ0v) is 11.6. The van der Waals surface area contributed by atoms with Crippen LogP contribution >= 0.6 is 35.4 Å². The molecular weight excluding hydrogens is 291 g/mol. The minimum absolute atomic E-state index is 0.489. The van der Waals surface area contributed by atoms with Crippen LogP contribution in [0, 0.1) is 4.77 Å². The number of benzene rings is 1. The predicted octanol–water partition coefficient (Wildman–Crippen LogP) is 3.73. The van der Waals surface area contributed by atoms with Crippen molar-refractivity contribution in [2.45, 2.75) is 0 Å². The standard InChI is InChI=1S/C11H8Cl2N4S/c1-16-3-2-10(15-16)17-9-5-7(13)6(12)4-8(9)14-11(17)18/h2-5H,1H3,(H,14,18). The lowest BCUT2D eigenvalue weighted by molar-refractivity contribution is 0.752. The van der Waals surface area contributed by atoms with Crippen molar-refractivity contribution in [1.82, 2.24) is 19.3 Å². The molecule has 0 amide bonds. The Kier molecular flexibility index (Phi) is 2.69. The van der Waals surface area contributed by atoms with Gasteiger partial charge in [0.2, 0.25) is 0 Å². The fraction of sp³-hybridized carbons (Fsp3) is 0.0909. The van der Waals surface area contributed by atoms with Crippen LogP contribution < -0.4 is 0 Å². The lowest BCUT2D eigenvalue weighted by Gasteiger charge is -2.01. The third kappa shape index (κ3) is 1.75. The molecule has 0 radical (unpaired) electrons. The monoisotopic (exact) mass is 298 g/mol. The second-order valence-electron chi connectivity index (χ2n) is 3.90. The average Bonchev–Trinajstić information content (AvgIpc) is 2.83. The summed E-state index contributed by atoms with van der Waals surface area (Å²) in [6.07, 6.45) is 1.85. The smallest absolute Gasteiger partial charge is 0.184 e. The third-order valence-electron chi connectivity index (χ3n) is 2.65. The molecule has 0 fully saturated rings. The van der Waals surface area contributed by atoms with Gasteiger partial charge in [-0.05, 0) is 24.4 Å². The van der Waals surface area contributed by atoms with Crippen LogP contribution in [0.5, 0.6) is 0 Å². The van der Waals surface area contributed by atoms with Gasteiger partial charge < -0.3 is 4.98 Å². The van der Waals surface area contributed by atoms with Crippen molar-refractivity contribution in [1.29, 1.82) is 0 Å². The lowest BCUT2D eigenvalue weighted by Crippen LogP contribution is -1.97. The number of rotatable bonds is 1. The van der Waals surface area contributed by atoms with Crippen molar-refractivity contribution < 1.29 is 0 Å². The molecule has 2 heterocycles. The van der Waals surface area contributed by atoms with E-state index in [0.29, 0.717) is 14.8 Å². The number of aromatic amines is 1. The number of aryl methyl sites for hydroxylation is 1. The van der Waals surface area contributed by atoms with E-state index in [4.69, 9.17) is 35.4 Å². The van der Waals surface area contributed by atoms with Crippen LogP contribution in [0.2, 0.25) is 10.0 Å². The van der Waals surface area contributed by atoms with Gasteiger partial charge >= 0.3 is 0 Å². The van der Waals surface area contributed by atoms with E-state index in [1.165, 1.54) is 0 Å². The number of H-pyrrole nitrogens is 1. The van der Waals surface area contributed by atoms with Crippen LogP contribution in [0.25, 0.3) is 16.9 Å². The van der Waals surface area contributed by atoms with E-state index in [1.54, 1.807) is 16.8 Å². The fourth-order valence-electron chi connectivity index (χ4n) is 1.85. The lowest BCUT2D eigenvalue weighted by atomic mass is 10.3. The Morgan fingerprint density at radius 1 is 1.28 bits per heavy atom. The van der Waals surface area contributed by atoms with Crippen molar-refractivity contribution in [2.24, 2.45) is 7.05 Å². The van der Waals surface area contributed by atoms with Crippen molar-refractivity contribution in [2.75, 3.05) is 0 Å². The minimum atomic E-state index is 0.489. The van der Waals surface area contributed by atoms with E-state index in [1.807, 2.05) is 23.9 Å². The van der Waals surface area contributed by atoms with Gasteiger partial charge in [0.1, 0.15) is 0 Å². The molecule has 0 unspecified atom stereocenters. The van der Waals surface area contributed by atoms with Crippen LogP contribution in [0.4, 0.5) is 0 Å². The molecule has 0 aliphatic carbocycles. The van der Waals surface area contributed by atoms with Gasteiger partial charge in [-0.25, -0.2) is 0 Å². The quantitative estimate of drug-likeness (QED) is 0.695. The Balaban J connectivity index is 2.38. The first-order valence-corrected chi connectivity index (χ1v) is 6.32. The molecule has 1 N–H and O–H groups in total. The maximum atomic E-state index is 6.04. The molecule has 0 atom stereocenters. The van der Waals surface area contributed by atoms with E-state index in [9.17, 15) is 0 Å². The number of hydrogen-bond donors (Lipinski definition) is 1. The second-order valence-corrected chi connectivity index (χ2v) is 5.10. The molecule has 0 bridgehead atoms. The Morgan fingerprint density at radius 2 is 2.00 bits per heavy atom. The fourth-order valence-corrected chi connectivity index (χ4v) is 2.47. The molecule has 0 saturated heterocycles. The first kappa shape index (κ1) is 11.8. The summed E-state index contributed by atoms with van der Waals surface area (Å²) in [6.45, 7) is 0. The second kappa shape index (κ2) is 4.12. The number of aromatic nitrogens is 4. The molecule has 18 heavy (non-hydrogen) atoms. The third-order valence-corrected chi connectivity index (χ3v) is 3.66. The highest BCUT2D eigenvalue weighted by molar-refractivity contribution is 7.71. The molecule has 3 rings (SSSR count). The highest BCUT2D eigenvalue weighted by Gasteiger charge is 2.11. The normalized spacial score (nSPS) is 11.3. The summed E-state index contributed by atoms with van der Waals surface area (Å²) in [5.41, 5.74) is 1.69. The summed E-state index contributed by atoms with van der Waals surface area (Å²) in [5.74, 6) is 0.743. The van der Waals surface area contributed by atoms with Crippen molar-refractivity contribution in [3.8, 4) is 5.82 Å². The first-order valence-electron chi connectivity index (χ1n) is 5.16. The largest absolute Gasteiger partial charge is 0.330 e. The van der Waals surface area contributed by atoms with Crippen LogP contribution in [0.15, 0.2) is 24.4 Å². The molecule has 3 aromatic rings. The van der Waals surface area contributed by atoms with E-state index in [0.717, 1.165) is 16.9 Å². The van der Waals surface area contributed by atoms with Crippen LogP contribution in [-0.4, -0.2) is 19.3 Å². The Morgan fingerprint density at radius 3 is 2.67 bits per heavy atom. The summed E-state index contributed by atoms with van der Waals surface area (Å²) < 4.78 is 4.10. The van der Waals surface area contributed by atoms with Crippen molar-refractivity contribution in [3.05, 3.63) is 39.2 Å². The van der Waals surface area contributed by atoms with Gasteiger partial charge in [-0.1, -0.05) is 23.2 Å². The highest BCUT2D eigenvalue weighted by Crippen LogP contribution is 2.28. The molecule has 92 valence electrons. The molecular formula is C11H8Cl2N4S. The van der Waals surface area contributed by atoms with Gasteiger partial charge in [-0.3, -0.25) is 9.25 Å². The van der Waals surface area contributed by atoms with Gasteiger partial charge in [0.05, 0.1) is 21.1 Å². The zero-order valence-electron chi connectivity index (χ0n) is 9.32. The molecule has 0 aliphatic rings.